The zero-order chi connectivity index (χ0) is 9.97. The van der Waals surface area contributed by atoms with Gasteiger partial charge in [0.05, 0.1) is 6.04 Å². The Morgan fingerprint density at radius 1 is 1.57 bits per heavy atom. The maximum Gasteiger partial charge on any atom is 0.123 e. The van der Waals surface area contributed by atoms with E-state index in [1.165, 1.54) is 31.4 Å². The van der Waals surface area contributed by atoms with Gasteiger partial charge in [-0.1, -0.05) is 19.8 Å². The van der Waals surface area contributed by atoms with E-state index in [2.05, 4.69) is 16.9 Å². The lowest BCUT2D eigenvalue weighted by Crippen LogP contribution is -2.20. The first-order valence-corrected chi connectivity index (χ1v) is 5.60. The van der Waals surface area contributed by atoms with E-state index in [4.69, 9.17) is 5.73 Å². The van der Waals surface area contributed by atoms with Crippen molar-refractivity contribution in [1.29, 1.82) is 0 Å². The van der Waals surface area contributed by atoms with Crippen LogP contribution in [0.25, 0.3) is 0 Å². The molecule has 2 rings (SSSR count). The van der Waals surface area contributed by atoms with Crippen LogP contribution in [0.4, 0.5) is 0 Å². The molecule has 1 saturated carbocycles. The van der Waals surface area contributed by atoms with Gasteiger partial charge in [0.15, 0.2) is 0 Å². The lowest BCUT2D eigenvalue weighted by atomic mass is 9.99. The van der Waals surface area contributed by atoms with Crippen LogP contribution in [0, 0.1) is 5.92 Å². The van der Waals surface area contributed by atoms with Gasteiger partial charge in [0.1, 0.15) is 5.82 Å². The number of H-pyrrole nitrogens is 1. The molecule has 1 aromatic rings. The molecule has 0 bridgehead atoms. The van der Waals surface area contributed by atoms with E-state index in [1.54, 1.807) is 0 Å². The van der Waals surface area contributed by atoms with Crippen LogP contribution in [-0.4, -0.2) is 9.97 Å². The number of nitrogens with zero attached hydrogens (tertiary/aromatic N) is 1. The molecule has 3 nitrogen and oxygen atoms in total. The second-order valence-electron chi connectivity index (χ2n) is 4.22. The van der Waals surface area contributed by atoms with Crippen molar-refractivity contribution in [3.63, 3.8) is 0 Å². The number of aryl methyl sites for hydroxylation is 1. The van der Waals surface area contributed by atoms with Crippen LogP contribution < -0.4 is 5.73 Å². The van der Waals surface area contributed by atoms with Gasteiger partial charge in [0.2, 0.25) is 0 Å². The maximum absolute atomic E-state index is 6.17. The van der Waals surface area contributed by atoms with E-state index >= 15 is 0 Å². The molecular weight excluding hydrogens is 174 g/mol. The third-order valence-corrected chi connectivity index (χ3v) is 3.25. The molecule has 0 aromatic carbocycles. The Morgan fingerprint density at radius 2 is 2.29 bits per heavy atom. The van der Waals surface area contributed by atoms with E-state index < -0.39 is 0 Å². The molecule has 1 heterocycles. The van der Waals surface area contributed by atoms with Crippen LogP contribution in [0.2, 0.25) is 0 Å². The molecule has 1 unspecified atom stereocenters. The molecule has 1 aliphatic rings. The van der Waals surface area contributed by atoms with Gasteiger partial charge in [-0.15, -0.1) is 0 Å². The van der Waals surface area contributed by atoms with Crippen LogP contribution >= 0.6 is 0 Å². The average Bonchev–Trinajstić information content (AvgIpc) is 2.88. The number of rotatable bonds is 3. The molecule has 1 aromatic heterocycles. The summed E-state index contributed by atoms with van der Waals surface area (Å²) in [5.41, 5.74) is 7.36. The van der Waals surface area contributed by atoms with E-state index in [-0.39, 0.29) is 6.04 Å². The number of aromatic nitrogens is 2. The van der Waals surface area contributed by atoms with Crippen LogP contribution in [-0.2, 0) is 6.42 Å². The Bertz CT molecular complexity index is 286. The Labute approximate surface area is 85.1 Å². The zero-order valence-electron chi connectivity index (χ0n) is 8.79. The number of hydrogen-bond donors (Lipinski definition) is 2. The highest BCUT2D eigenvalue weighted by Gasteiger charge is 2.24. The van der Waals surface area contributed by atoms with Crippen molar-refractivity contribution in [2.45, 2.75) is 45.1 Å². The first kappa shape index (κ1) is 9.71. The van der Waals surface area contributed by atoms with Gasteiger partial charge >= 0.3 is 0 Å². The number of aromatic amines is 1. The predicted octanol–water partition coefficient (Wildman–Crippen LogP) is 2.16. The molecule has 1 atom stereocenters. The van der Waals surface area contributed by atoms with Gasteiger partial charge in [-0.2, -0.15) is 0 Å². The van der Waals surface area contributed by atoms with Crippen LogP contribution in [0.5, 0.6) is 0 Å². The monoisotopic (exact) mass is 193 g/mol. The average molecular weight is 193 g/mol. The van der Waals surface area contributed by atoms with Crippen molar-refractivity contribution in [3.05, 3.63) is 17.7 Å². The molecule has 1 aliphatic carbocycles. The smallest absolute Gasteiger partial charge is 0.123 e. The fourth-order valence-electron chi connectivity index (χ4n) is 2.27. The SMILES string of the molecule is CCc1cnc(C(N)C2CCCC2)[nH]1. The summed E-state index contributed by atoms with van der Waals surface area (Å²) in [5, 5.41) is 0. The third kappa shape index (κ3) is 1.82. The molecule has 1 fully saturated rings. The minimum atomic E-state index is 0.123. The quantitative estimate of drug-likeness (QED) is 0.773. The van der Waals surface area contributed by atoms with E-state index in [0.29, 0.717) is 5.92 Å². The van der Waals surface area contributed by atoms with Gasteiger partial charge in [-0.3, -0.25) is 0 Å². The molecule has 0 saturated heterocycles. The summed E-state index contributed by atoms with van der Waals surface area (Å²) in [7, 11) is 0. The number of nitrogens with one attached hydrogen (secondary N) is 1. The number of nitrogens with two attached hydrogens (primary N) is 1. The second-order valence-corrected chi connectivity index (χ2v) is 4.22. The fourth-order valence-corrected chi connectivity index (χ4v) is 2.27. The van der Waals surface area contributed by atoms with Crippen molar-refractivity contribution >= 4 is 0 Å². The van der Waals surface area contributed by atoms with Crippen molar-refractivity contribution in [2.24, 2.45) is 11.7 Å². The molecule has 3 heteroatoms. The van der Waals surface area contributed by atoms with Gasteiger partial charge in [0, 0.05) is 11.9 Å². The largest absolute Gasteiger partial charge is 0.345 e. The molecule has 0 amide bonds. The lowest BCUT2D eigenvalue weighted by Gasteiger charge is -2.15. The van der Waals surface area contributed by atoms with Gasteiger partial charge in [0.25, 0.3) is 0 Å². The van der Waals surface area contributed by atoms with Gasteiger partial charge in [-0.25, -0.2) is 4.98 Å². The summed E-state index contributed by atoms with van der Waals surface area (Å²) in [6.45, 7) is 2.12. The molecule has 0 radical (unpaired) electrons. The number of imidazole rings is 1. The first-order chi connectivity index (χ1) is 6.81. The molecule has 14 heavy (non-hydrogen) atoms. The molecule has 0 spiro atoms. The Morgan fingerprint density at radius 3 is 2.86 bits per heavy atom. The van der Waals surface area contributed by atoms with Crippen molar-refractivity contribution in [1.82, 2.24) is 9.97 Å². The van der Waals surface area contributed by atoms with E-state index in [1.807, 2.05) is 6.20 Å². The van der Waals surface area contributed by atoms with Crippen molar-refractivity contribution in [3.8, 4) is 0 Å². The highest BCUT2D eigenvalue weighted by Crippen LogP contribution is 2.32. The zero-order valence-corrected chi connectivity index (χ0v) is 8.79. The molecule has 0 aliphatic heterocycles. The Hall–Kier alpha value is -0.830. The molecule has 78 valence electrons. The van der Waals surface area contributed by atoms with Crippen LogP contribution in [0.15, 0.2) is 6.20 Å². The van der Waals surface area contributed by atoms with E-state index in [9.17, 15) is 0 Å². The molecule has 3 N–H and O–H groups in total. The summed E-state index contributed by atoms with van der Waals surface area (Å²) < 4.78 is 0. The maximum atomic E-state index is 6.17. The summed E-state index contributed by atoms with van der Waals surface area (Å²) in [6, 6.07) is 0.123. The predicted molar refractivity (Wildman–Crippen MR) is 56.9 cm³/mol. The second kappa shape index (κ2) is 4.13. The Kier molecular flexibility index (Phi) is 2.87. The minimum absolute atomic E-state index is 0.123. The van der Waals surface area contributed by atoms with Gasteiger partial charge in [-0.05, 0) is 25.2 Å². The van der Waals surface area contributed by atoms with E-state index in [0.717, 1.165) is 12.2 Å². The topological polar surface area (TPSA) is 54.7 Å². The summed E-state index contributed by atoms with van der Waals surface area (Å²) in [5.74, 6) is 1.62. The van der Waals surface area contributed by atoms with Crippen molar-refractivity contribution in [2.75, 3.05) is 0 Å². The summed E-state index contributed by atoms with van der Waals surface area (Å²) in [6.07, 6.45) is 8.11. The summed E-state index contributed by atoms with van der Waals surface area (Å²) in [4.78, 5) is 7.65. The summed E-state index contributed by atoms with van der Waals surface area (Å²) >= 11 is 0. The normalized spacial score (nSPS) is 20.1. The highest BCUT2D eigenvalue weighted by molar-refractivity contribution is 5.05. The lowest BCUT2D eigenvalue weighted by molar-refractivity contribution is 0.430. The first-order valence-electron chi connectivity index (χ1n) is 5.60. The van der Waals surface area contributed by atoms with Crippen LogP contribution in [0.3, 0.4) is 0 Å². The number of hydrogen-bond acceptors (Lipinski definition) is 2. The highest BCUT2D eigenvalue weighted by atomic mass is 15.0. The molecular formula is C11H19N3. The van der Waals surface area contributed by atoms with Crippen LogP contribution in [0.1, 0.15) is 50.2 Å². The van der Waals surface area contributed by atoms with Gasteiger partial charge < -0.3 is 10.7 Å². The Balaban J connectivity index is 2.05. The standard InChI is InChI=1S/C11H19N3/c1-2-9-7-13-11(14-9)10(12)8-5-3-4-6-8/h7-8,10H,2-6,12H2,1H3,(H,13,14). The third-order valence-electron chi connectivity index (χ3n) is 3.25. The fraction of sp³-hybridized carbons (Fsp3) is 0.727. The minimum Gasteiger partial charge on any atom is -0.345 e. The van der Waals surface area contributed by atoms with Crippen molar-refractivity contribution < 1.29 is 0 Å².